The summed E-state index contributed by atoms with van der Waals surface area (Å²) in [6.45, 7) is 4.25. The van der Waals surface area contributed by atoms with Gasteiger partial charge in [-0.05, 0) is 54.1 Å². The summed E-state index contributed by atoms with van der Waals surface area (Å²) in [5.74, 6) is 0.176. The number of piperazine rings is 1. The van der Waals surface area contributed by atoms with E-state index in [1.165, 1.54) is 24.3 Å². The van der Waals surface area contributed by atoms with Crippen molar-refractivity contribution >= 4 is 5.69 Å². The average Bonchev–Trinajstić information content (AvgIpc) is 2.83. The van der Waals surface area contributed by atoms with Crippen LogP contribution in [0.4, 0.5) is 23.2 Å². The summed E-state index contributed by atoms with van der Waals surface area (Å²) < 4.78 is 57.9. The van der Waals surface area contributed by atoms with Crippen molar-refractivity contribution in [3.05, 3.63) is 95.8 Å². The zero-order chi connectivity index (χ0) is 23.3. The van der Waals surface area contributed by atoms with Crippen LogP contribution in [0, 0.1) is 5.82 Å². The number of nitrogens with zero attached hydrogens (tertiary/aromatic N) is 2. The minimum absolute atomic E-state index is 0.239. The number of halogens is 4. The molecule has 33 heavy (non-hydrogen) atoms. The van der Waals surface area contributed by atoms with E-state index in [0.717, 1.165) is 56.1 Å². The zero-order valence-electron chi connectivity index (χ0n) is 18.1. The lowest BCUT2D eigenvalue weighted by Gasteiger charge is -2.36. The zero-order valence-corrected chi connectivity index (χ0v) is 18.1. The molecule has 1 aliphatic rings. The molecular formula is C26H26F4N2O. The maximum Gasteiger partial charge on any atom is 0.416 e. The Kier molecular flexibility index (Phi) is 7.18. The lowest BCUT2D eigenvalue weighted by atomic mass is 10.1. The number of rotatable bonds is 7. The van der Waals surface area contributed by atoms with Gasteiger partial charge in [-0.1, -0.05) is 30.3 Å². The summed E-state index contributed by atoms with van der Waals surface area (Å²) in [5, 5.41) is 0. The van der Waals surface area contributed by atoms with Crippen molar-refractivity contribution < 1.29 is 22.3 Å². The topological polar surface area (TPSA) is 15.7 Å². The number of benzene rings is 3. The Hall–Kier alpha value is -3.06. The van der Waals surface area contributed by atoms with Gasteiger partial charge in [0, 0.05) is 44.8 Å². The molecule has 3 aromatic rings. The molecule has 1 atom stereocenters. The van der Waals surface area contributed by atoms with Crippen molar-refractivity contribution in [3.8, 4) is 5.75 Å². The second-order valence-corrected chi connectivity index (χ2v) is 8.13. The SMILES string of the molecule is Fc1ccc(N2CCN(CCC(Oc3ccc(C(F)(F)F)cc3)c3ccccc3)CC2)cc1. The van der Waals surface area contributed by atoms with Crippen LogP contribution in [0.1, 0.15) is 23.7 Å². The fraction of sp³-hybridized carbons (Fsp3) is 0.308. The second-order valence-electron chi connectivity index (χ2n) is 8.13. The van der Waals surface area contributed by atoms with Crippen molar-refractivity contribution in [1.82, 2.24) is 4.90 Å². The van der Waals surface area contributed by atoms with Crippen LogP contribution in [-0.2, 0) is 6.18 Å². The number of hydrogen-bond donors (Lipinski definition) is 0. The molecule has 0 aliphatic carbocycles. The first-order chi connectivity index (χ1) is 15.9. The largest absolute Gasteiger partial charge is 0.486 e. The third-order valence-electron chi connectivity index (χ3n) is 5.90. The van der Waals surface area contributed by atoms with E-state index in [9.17, 15) is 17.6 Å². The maximum atomic E-state index is 13.2. The molecule has 0 amide bonds. The number of hydrogen-bond acceptors (Lipinski definition) is 3. The van der Waals surface area contributed by atoms with Crippen molar-refractivity contribution in [2.45, 2.75) is 18.7 Å². The van der Waals surface area contributed by atoms with Gasteiger partial charge in [-0.25, -0.2) is 4.39 Å². The Morgan fingerprint density at radius 2 is 1.42 bits per heavy atom. The van der Waals surface area contributed by atoms with Crippen LogP contribution in [0.3, 0.4) is 0 Å². The monoisotopic (exact) mass is 458 g/mol. The van der Waals surface area contributed by atoms with Crippen LogP contribution < -0.4 is 9.64 Å². The predicted octanol–water partition coefficient (Wildman–Crippen LogP) is 6.18. The Morgan fingerprint density at radius 1 is 0.788 bits per heavy atom. The van der Waals surface area contributed by atoms with E-state index in [0.29, 0.717) is 12.2 Å². The third kappa shape index (κ3) is 6.26. The van der Waals surface area contributed by atoms with Gasteiger partial charge in [-0.2, -0.15) is 13.2 Å². The highest BCUT2D eigenvalue weighted by Crippen LogP contribution is 2.32. The van der Waals surface area contributed by atoms with Crippen LogP contribution in [0.15, 0.2) is 78.9 Å². The van der Waals surface area contributed by atoms with E-state index in [1.807, 2.05) is 30.3 Å². The summed E-state index contributed by atoms with van der Waals surface area (Å²) >= 11 is 0. The van der Waals surface area contributed by atoms with Crippen molar-refractivity contribution in [3.63, 3.8) is 0 Å². The van der Waals surface area contributed by atoms with E-state index in [2.05, 4.69) is 9.80 Å². The lowest BCUT2D eigenvalue weighted by Crippen LogP contribution is -2.46. The Bertz CT molecular complexity index is 999. The summed E-state index contributed by atoms with van der Waals surface area (Å²) in [6.07, 6.45) is -3.92. The molecule has 1 saturated heterocycles. The van der Waals surface area contributed by atoms with Gasteiger partial charge < -0.3 is 9.64 Å². The lowest BCUT2D eigenvalue weighted by molar-refractivity contribution is -0.137. The molecule has 0 radical (unpaired) electrons. The molecule has 0 aromatic heterocycles. The van der Waals surface area contributed by atoms with Gasteiger partial charge in [0.1, 0.15) is 17.7 Å². The first-order valence-corrected chi connectivity index (χ1v) is 11.0. The highest BCUT2D eigenvalue weighted by molar-refractivity contribution is 5.46. The molecule has 4 rings (SSSR count). The predicted molar refractivity (Wildman–Crippen MR) is 121 cm³/mol. The molecule has 0 saturated carbocycles. The second kappa shape index (κ2) is 10.3. The first kappa shape index (κ1) is 23.1. The van der Waals surface area contributed by atoms with Gasteiger partial charge in [0.2, 0.25) is 0 Å². The van der Waals surface area contributed by atoms with Gasteiger partial charge in [0.25, 0.3) is 0 Å². The van der Waals surface area contributed by atoms with Crippen molar-refractivity contribution in [2.24, 2.45) is 0 Å². The highest BCUT2D eigenvalue weighted by atomic mass is 19.4. The van der Waals surface area contributed by atoms with Crippen LogP contribution in [0.5, 0.6) is 5.75 Å². The number of ether oxygens (including phenoxy) is 1. The number of anilines is 1. The van der Waals surface area contributed by atoms with Gasteiger partial charge in [-0.15, -0.1) is 0 Å². The van der Waals surface area contributed by atoms with Crippen molar-refractivity contribution in [2.75, 3.05) is 37.6 Å². The minimum atomic E-state index is -4.37. The molecule has 1 unspecified atom stereocenters. The van der Waals surface area contributed by atoms with Gasteiger partial charge in [0.15, 0.2) is 0 Å². The Morgan fingerprint density at radius 3 is 2.03 bits per heavy atom. The summed E-state index contributed by atoms with van der Waals surface area (Å²) in [6, 6.07) is 21.1. The molecule has 0 N–H and O–H groups in total. The minimum Gasteiger partial charge on any atom is -0.486 e. The van der Waals surface area contributed by atoms with Gasteiger partial charge in [0.05, 0.1) is 5.56 Å². The molecule has 0 bridgehead atoms. The fourth-order valence-corrected chi connectivity index (χ4v) is 4.03. The molecule has 3 aromatic carbocycles. The molecule has 7 heteroatoms. The summed E-state index contributed by atoms with van der Waals surface area (Å²) in [5.41, 5.74) is 1.32. The van der Waals surface area contributed by atoms with E-state index in [4.69, 9.17) is 4.74 Å². The Balaban J connectivity index is 1.36. The van der Waals surface area contributed by atoms with E-state index in [1.54, 1.807) is 12.1 Å². The Labute approximate surface area is 191 Å². The van der Waals surface area contributed by atoms with Gasteiger partial charge in [-0.3, -0.25) is 4.90 Å². The smallest absolute Gasteiger partial charge is 0.416 e. The molecule has 1 heterocycles. The molecule has 0 spiro atoms. The van der Waals surface area contributed by atoms with Crippen LogP contribution in [0.2, 0.25) is 0 Å². The molecular weight excluding hydrogens is 432 g/mol. The van der Waals surface area contributed by atoms with Crippen LogP contribution in [-0.4, -0.2) is 37.6 Å². The quantitative estimate of drug-likeness (QED) is 0.394. The normalized spacial score (nSPS) is 15.9. The van der Waals surface area contributed by atoms with E-state index in [-0.39, 0.29) is 11.9 Å². The maximum absolute atomic E-state index is 13.2. The fourth-order valence-electron chi connectivity index (χ4n) is 4.03. The van der Waals surface area contributed by atoms with Crippen molar-refractivity contribution in [1.29, 1.82) is 0 Å². The van der Waals surface area contributed by atoms with Crippen LogP contribution >= 0.6 is 0 Å². The standard InChI is InChI=1S/C26H26F4N2O/c27-22-8-10-23(11-9-22)32-18-16-31(17-19-32)15-14-25(20-4-2-1-3-5-20)33-24-12-6-21(7-13-24)26(28,29)30/h1-13,25H,14-19H2. The van der Waals surface area contributed by atoms with Crippen LogP contribution in [0.25, 0.3) is 0 Å². The average molecular weight is 458 g/mol. The van der Waals surface area contributed by atoms with Gasteiger partial charge >= 0.3 is 6.18 Å². The molecule has 174 valence electrons. The molecule has 1 fully saturated rings. The van der Waals surface area contributed by atoms with E-state index >= 15 is 0 Å². The highest BCUT2D eigenvalue weighted by Gasteiger charge is 2.30. The first-order valence-electron chi connectivity index (χ1n) is 11.0. The molecule has 3 nitrogen and oxygen atoms in total. The molecule has 1 aliphatic heterocycles. The van der Waals surface area contributed by atoms with E-state index < -0.39 is 11.7 Å². The number of alkyl halides is 3. The third-order valence-corrected chi connectivity index (χ3v) is 5.90. The summed E-state index contributed by atoms with van der Waals surface area (Å²) in [7, 11) is 0. The summed E-state index contributed by atoms with van der Waals surface area (Å²) in [4.78, 5) is 4.59.